The van der Waals surface area contributed by atoms with Gasteiger partial charge in [0, 0.05) is 11.6 Å². The lowest BCUT2D eigenvalue weighted by Gasteiger charge is -2.42. The van der Waals surface area contributed by atoms with Crippen LogP contribution in [0.3, 0.4) is 0 Å². The monoisotopic (exact) mass is 181 g/mol. The van der Waals surface area contributed by atoms with Crippen LogP contribution >= 0.6 is 0 Å². The number of nitrogens with zero attached hydrogens (tertiary/aromatic N) is 1. The third-order valence-electron chi connectivity index (χ3n) is 4.40. The van der Waals surface area contributed by atoms with Gasteiger partial charge in [0.2, 0.25) is 0 Å². The fourth-order valence-corrected chi connectivity index (χ4v) is 2.85. The van der Waals surface area contributed by atoms with Crippen LogP contribution in [0.2, 0.25) is 0 Å². The molecular weight excluding hydrogens is 158 g/mol. The van der Waals surface area contributed by atoms with Crippen LogP contribution in [0.1, 0.15) is 47.0 Å². The quantitative estimate of drug-likeness (QED) is 0.633. The van der Waals surface area contributed by atoms with Gasteiger partial charge < -0.3 is 0 Å². The number of piperidine rings is 1. The second-order valence-corrected chi connectivity index (χ2v) is 5.59. The minimum atomic E-state index is 0.444. The Balaban J connectivity index is 2.03. The van der Waals surface area contributed by atoms with Gasteiger partial charge in [-0.1, -0.05) is 13.8 Å². The number of fused-ring (bicyclic) bond motifs is 1. The smallest absolute Gasteiger partial charge is 0.0153 e. The van der Waals surface area contributed by atoms with Gasteiger partial charge in [-0.2, -0.15) is 0 Å². The van der Waals surface area contributed by atoms with E-state index in [1.807, 2.05) is 0 Å². The molecule has 1 aliphatic heterocycles. The lowest BCUT2D eigenvalue weighted by molar-refractivity contribution is 0.0662. The Kier molecular flexibility index (Phi) is 2.18. The van der Waals surface area contributed by atoms with Crippen molar-refractivity contribution in [1.82, 2.24) is 4.90 Å². The van der Waals surface area contributed by atoms with Gasteiger partial charge in [0.25, 0.3) is 0 Å². The van der Waals surface area contributed by atoms with Gasteiger partial charge in [-0.25, -0.2) is 0 Å². The molecule has 0 aromatic carbocycles. The molecule has 0 bridgehead atoms. The third kappa shape index (κ3) is 1.52. The van der Waals surface area contributed by atoms with Crippen molar-refractivity contribution in [3.63, 3.8) is 0 Å². The first-order chi connectivity index (χ1) is 6.06. The molecule has 1 heteroatoms. The molecule has 0 aromatic heterocycles. The van der Waals surface area contributed by atoms with E-state index in [1.165, 1.54) is 25.8 Å². The van der Waals surface area contributed by atoms with Gasteiger partial charge >= 0.3 is 0 Å². The lowest BCUT2D eigenvalue weighted by Crippen LogP contribution is -2.48. The maximum Gasteiger partial charge on any atom is 0.0153 e. The summed E-state index contributed by atoms with van der Waals surface area (Å²) >= 11 is 0. The molecule has 1 nitrogen and oxygen atoms in total. The van der Waals surface area contributed by atoms with E-state index >= 15 is 0 Å². The minimum Gasteiger partial charge on any atom is -0.295 e. The summed E-state index contributed by atoms with van der Waals surface area (Å²) in [5, 5.41) is 0. The van der Waals surface area contributed by atoms with E-state index in [1.54, 1.807) is 0 Å². The van der Waals surface area contributed by atoms with Crippen molar-refractivity contribution in [2.75, 3.05) is 6.54 Å². The Hall–Kier alpha value is -0.0400. The average molecular weight is 181 g/mol. The first kappa shape index (κ1) is 9.51. The van der Waals surface area contributed by atoms with Crippen molar-refractivity contribution >= 4 is 0 Å². The number of hydrogen-bond acceptors (Lipinski definition) is 1. The minimum absolute atomic E-state index is 0.444. The van der Waals surface area contributed by atoms with Gasteiger partial charge in [-0.3, -0.25) is 4.90 Å². The van der Waals surface area contributed by atoms with E-state index in [9.17, 15) is 0 Å². The Morgan fingerprint density at radius 3 is 2.69 bits per heavy atom. The van der Waals surface area contributed by atoms with Crippen molar-refractivity contribution in [2.24, 2.45) is 11.8 Å². The first-order valence-electron chi connectivity index (χ1n) is 5.83. The molecule has 2 fully saturated rings. The van der Waals surface area contributed by atoms with Crippen molar-refractivity contribution < 1.29 is 0 Å². The molecule has 0 N–H and O–H groups in total. The van der Waals surface area contributed by atoms with Crippen LogP contribution in [-0.4, -0.2) is 23.0 Å². The molecule has 2 aliphatic rings. The second kappa shape index (κ2) is 2.98. The summed E-state index contributed by atoms with van der Waals surface area (Å²) in [6.45, 7) is 10.9. The Morgan fingerprint density at radius 2 is 2.08 bits per heavy atom. The highest BCUT2D eigenvalue weighted by Crippen LogP contribution is 2.49. The molecule has 1 heterocycles. The molecule has 3 atom stereocenters. The Morgan fingerprint density at radius 1 is 1.38 bits per heavy atom. The van der Waals surface area contributed by atoms with Gasteiger partial charge in [0.15, 0.2) is 0 Å². The van der Waals surface area contributed by atoms with Crippen molar-refractivity contribution in [2.45, 2.75) is 58.5 Å². The summed E-state index contributed by atoms with van der Waals surface area (Å²) in [5.74, 6) is 2.04. The van der Waals surface area contributed by atoms with Crippen LogP contribution in [0.4, 0.5) is 0 Å². The Bertz CT molecular complexity index is 197. The predicted molar refractivity (Wildman–Crippen MR) is 56.8 cm³/mol. The van der Waals surface area contributed by atoms with Crippen LogP contribution < -0.4 is 0 Å². The van der Waals surface area contributed by atoms with Crippen LogP contribution in [0, 0.1) is 11.8 Å². The molecule has 1 aliphatic carbocycles. The van der Waals surface area contributed by atoms with Crippen LogP contribution in [0.15, 0.2) is 0 Å². The number of likely N-dealkylation sites (tertiary alicyclic amines) is 1. The SMILES string of the molecule is CCC(C)(C)N1CC[C@@H](C)C2CC21. The van der Waals surface area contributed by atoms with Crippen LogP contribution in [0.5, 0.6) is 0 Å². The topological polar surface area (TPSA) is 3.24 Å². The highest BCUT2D eigenvalue weighted by molar-refractivity contribution is 5.04. The van der Waals surface area contributed by atoms with Gasteiger partial charge in [0.05, 0.1) is 0 Å². The van der Waals surface area contributed by atoms with Gasteiger partial charge in [-0.15, -0.1) is 0 Å². The van der Waals surface area contributed by atoms with E-state index in [2.05, 4.69) is 32.6 Å². The summed E-state index contributed by atoms with van der Waals surface area (Å²) in [6, 6.07) is 0.943. The average Bonchev–Trinajstić information content (AvgIpc) is 2.84. The van der Waals surface area contributed by atoms with E-state index in [-0.39, 0.29) is 0 Å². The molecule has 1 saturated heterocycles. The molecular formula is C12H23N. The first-order valence-corrected chi connectivity index (χ1v) is 5.83. The van der Waals surface area contributed by atoms with Crippen molar-refractivity contribution in [1.29, 1.82) is 0 Å². The highest BCUT2D eigenvalue weighted by Gasteiger charge is 2.51. The number of rotatable bonds is 2. The summed E-state index contributed by atoms with van der Waals surface area (Å²) in [7, 11) is 0. The zero-order valence-corrected chi connectivity index (χ0v) is 9.51. The number of hydrogen-bond donors (Lipinski definition) is 0. The summed E-state index contributed by atoms with van der Waals surface area (Å²) in [5.41, 5.74) is 0.444. The van der Waals surface area contributed by atoms with E-state index in [0.29, 0.717) is 5.54 Å². The summed E-state index contributed by atoms with van der Waals surface area (Å²) in [4.78, 5) is 2.76. The fraction of sp³-hybridized carbons (Fsp3) is 1.00. The largest absolute Gasteiger partial charge is 0.295 e. The van der Waals surface area contributed by atoms with E-state index in [0.717, 1.165) is 17.9 Å². The maximum atomic E-state index is 2.76. The lowest BCUT2D eigenvalue weighted by atomic mass is 9.92. The third-order valence-corrected chi connectivity index (χ3v) is 4.40. The molecule has 2 rings (SSSR count). The van der Waals surface area contributed by atoms with Crippen LogP contribution in [-0.2, 0) is 0 Å². The predicted octanol–water partition coefficient (Wildman–Crippen LogP) is 2.91. The zero-order chi connectivity index (χ0) is 9.64. The van der Waals surface area contributed by atoms with E-state index in [4.69, 9.17) is 0 Å². The molecule has 0 spiro atoms. The summed E-state index contributed by atoms with van der Waals surface area (Å²) in [6.07, 6.45) is 4.18. The Labute approximate surface area is 82.5 Å². The van der Waals surface area contributed by atoms with Crippen molar-refractivity contribution in [3.8, 4) is 0 Å². The van der Waals surface area contributed by atoms with E-state index < -0.39 is 0 Å². The fourth-order valence-electron chi connectivity index (χ4n) is 2.85. The molecule has 76 valence electrons. The zero-order valence-electron chi connectivity index (χ0n) is 9.51. The molecule has 0 aromatic rings. The van der Waals surface area contributed by atoms with Gasteiger partial charge in [0.1, 0.15) is 0 Å². The van der Waals surface area contributed by atoms with Crippen molar-refractivity contribution in [3.05, 3.63) is 0 Å². The molecule has 0 amide bonds. The molecule has 2 unspecified atom stereocenters. The molecule has 1 saturated carbocycles. The maximum absolute atomic E-state index is 2.76. The highest BCUT2D eigenvalue weighted by atomic mass is 15.3. The normalized spacial score (nSPS) is 40.2. The standard InChI is InChI=1S/C12H23N/c1-5-12(3,4)13-7-6-9(2)10-8-11(10)13/h9-11H,5-8H2,1-4H3/t9-,10?,11?/m1/s1. The molecule has 13 heavy (non-hydrogen) atoms. The summed E-state index contributed by atoms with van der Waals surface area (Å²) < 4.78 is 0. The second-order valence-electron chi connectivity index (χ2n) is 5.59. The van der Waals surface area contributed by atoms with Gasteiger partial charge in [-0.05, 0) is 51.5 Å². The molecule has 0 radical (unpaired) electrons. The van der Waals surface area contributed by atoms with Crippen LogP contribution in [0.25, 0.3) is 0 Å².